The van der Waals surface area contributed by atoms with E-state index >= 15 is 0 Å². The highest BCUT2D eigenvalue weighted by Crippen LogP contribution is 2.19. The lowest BCUT2D eigenvalue weighted by Crippen LogP contribution is -2.06. The van der Waals surface area contributed by atoms with Crippen LogP contribution in [0, 0.1) is 13.8 Å². The number of alkyl halides is 1. The average Bonchev–Trinajstić information content (AvgIpc) is 2.15. The van der Waals surface area contributed by atoms with Crippen LogP contribution in [-0.4, -0.2) is 13.1 Å². The summed E-state index contributed by atoms with van der Waals surface area (Å²) in [6, 6.07) is 3.81. The first-order chi connectivity index (χ1) is 6.60. The Hall–Kier alpha value is -1.02. The minimum absolute atomic E-state index is 0.326. The molecule has 0 saturated carbocycles. The molecule has 0 bridgehead atoms. The van der Waals surface area contributed by atoms with Gasteiger partial charge in [0.1, 0.15) is 0 Å². The third-order valence-electron chi connectivity index (χ3n) is 2.16. The maximum Gasteiger partial charge on any atom is 0.338 e. The summed E-state index contributed by atoms with van der Waals surface area (Å²) in [5.74, 6) is 0.00347. The van der Waals surface area contributed by atoms with Gasteiger partial charge in [-0.25, -0.2) is 4.79 Å². The van der Waals surface area contributed by atoms with Crippen molar-refractivity contribution < 1.29 is 9.53 Å². The normalized spacial score (nSPS) is 10.0. The van der Waals surface area contributed by atoms with Crippen molar-refractivity contribution in [2.24, 2.45) is 0 Å². The SMILES string of the molecule is COC(=O)c1cc(C)cc(C)c1CCl. The predicted octanol–water partition coefficient (Wildman–Crippen LogP) is 2.83. The molecule has 0 radical (unpaired) electrons. The Kier molecular flexibility index (Phi) is 3.53. The zero-order chi connectivity index (χ0) is 10.7. The van der Waals surface area contributed by atoms with Crippen molar-refractivity contribution in [3.8, 4) is 0 Å². The van der Waals surface area contributed by atoms with Crippen LogP contribution in [0.15, 0.2) is 12.1 Å². The van der Waals surface area contributed by atoms with E-state index in [9.17, 15) is 4.79 Å². The lowest BCUT2D eigenvalue weighted by molar-refractivity contribution is 0.0599. The van der Waals surface area contributed by atoms with Crippen LogP contribution in [0.2, 0.25) is 0 Å². The molecule has 1 aromatic rings. The smallest absolute Gasteiger partial charge is 0.338 e. The van der Waals surface area contributed by atoms with Crippen molar-refractivity contribution in [1.29, 1.82) is 0 Å². The van der Waals surface area contributed by atoms with Crippen molar-refractivity contribution in [2.45, 2.75) is 19.7 Å². The Morgan fingerprint density at radius 3 is 2.57 bits per heavy atom. The molecule has 0 saturated heterocycles. The monoisotopic (exact) mass is 212 g/mol. The van der Waals surface area contributed by atoms with Gasteiger partial charge in [0.15, 0.2) is 0 Å². The molecule has 76 valence electrons. The molecule has 0 spiro atoms. The third kappa shape index (κ3) is 2.07. The Labute approximate surface area is 88.8 Å². The van der Waals surface area contributed by atoms with Crippen molar-refractivity contribution in [2.75, 3.05) is 7.11 Å². The topological polar surface area (TPSA) is 26.3 Å². The Bertz CT molecular complexity index is 359. The molecule has 2 nitrogen and oxygen atoms in total. The molecule has 0 aliphatic rings. The number of halogens is 1. The molecule has 0 amide bonds. The summed E-state index contributed by atoms with van der Waals surface area (Å²) in [6.07, 6.45) is 0. The number of methoxy groups -OCH3 is 1. The van der Waals surface area contributed by atoms with Crippen LogP contribution in [0.25, 0.3) is 0 Å². The first-order valence-corrected chi connectivity index (χ1v) is 4.88. The predicted molar refractivity (Wildman–Crippen MR) is 56.8 cm³/mol. The third-order valence-corrected chi connectivity index (χ3v) is 2.42. The Morgan fingerprint density at radius 2 is 2.07 bits per heavy atom. The molecular weight excluding hydrogens is 200 g/mol. The maximum atomic E-state index is 11.4. The van der Waals surface area contributed by atoms with Gasteiger partial charge in [-0.2, -0.15) is 0 Å². The molecule has 0 N–H and O–H groups in total. The van der Waals surface area contributed by atoms with Crippen LogP contribution in [0.5, 0.6) is 0 Å². The standard InChI is InChI=1S/C11H13ClO2/c1-7-4-8(2)10(6-12)9(5-7)11(13)14-3/h4-5H,6H2,1-3H3. The molecular formula is C11H13ClO2. The summed E-state index contributed by atoms with van der Waals surface area (Å²) in [4.78, 5) is 11.4. The van der Waals surface area contributed by atoms with E-state index in [1.165, 1.54) is 7.11 Å². The number of aryl methyl sites for hydroxylation is 2. The van der Waals surface area contributed by atoms with Crippen LogP contribution in [0.3, 0.4) is 0 Å². The van der Waals surface area contributed by atoms with E-state index in [4.69, 9.17) is 16.3 Å². The van der Waals surface area contributed by atoms with Gasteiger partial charge in [-0.3, -0.25) is 0 Å². The number of esters is 1. The van der Waals surface area contributed by atoms with Gasteiger partial charge in [0.05, 0.1) is 12.7 Å². The first-order valence-electron chi connectivity index (χ1n) is 4.34. The number of rotatable bonds is 2. The van der Waals surface area contributed by atoms with Gasteiger partial charge in [0.25, 0.3) is 0 Å². The van der Waals surface area contributed by atoms with Gasteiger partial charge in [0, 0.05) is 5.88 Å². The summed E-state index contributed by atoms with van der Waals surface area (Å²) in [5, 5.41) is 0. The molecule has 0 atom stereocenters. The Balaban J connectivity index is 3.32. The number of ether oxygens (including phenoxy) is 1. The van der Waals surface area contributed by atoms with Crippen LogP contribution in [-0.2, 0) is 10.6 Å². The molecule has 0 heterocycles. The van der Waals surface area contributed by atoms with Gasteiger partial charge >= 0.3 is 5.97 Å². The lowest BCUT2D eigenvalue weighted by atomic mass is 10.0. The van der Waals surface area contributed by atoms with Gasteiger partial charge in [0.2, 0.25) is 0 Å². The Morgan fingerprint density at radius 1 is 1.43 bits per heavy atom. The van der Waals surface area contributed by atoms with Crippen molar-refractivity contribution >= 4 is 17.6 Å². The summed E-state index contributed by atoms with van der Waals surface area (Å²) in [5.41, 5.74) is 3.49. The molecule has 0 aliphatic heterocycles. The quantitative estimate of drug-likeness (QED) is 0.557. The number of hydrogen-bond donors (Lipinski definition) is 0. The highest BCUT2D eigenvalue weighted by molar-refractivity contribution is 6.17. The molecule has 1 rings (SSSR count). The van der Waals surface area contributed by atoms with E-state index in [-0.39, 0.29) is 5.97 Å². The second-order valence-electron chi connectivity index (χ2n) is 3.23. The van der Waals surface area contributed by atoms with Crippen LogP contribution >= 0.6 is 11.6 Å². The van der Waals surface area contributed by atoms with Gasteiger partial charge in [-0.15, -0.1) is 11.6 Å². The van der Waals surface area contributed by atoms with Gasteiger partial charge in [-0.1, -0.05) is 6.07 Å². The molecule has 3 heteroatoms. The van der Waals surface area contributed by atoms with Crippen molar-refractivity contribution in [1.82, 2.24) is 0 Å². The van der Waals surface area contributed by atoms with E-state index in [0.717, 1.165) is 16.7 Å². The van der Waals surface area contributed by atoms with Crippen molar-refractivity contribution in [3.63, 3.8) is 0 Å². The summed E-state index contributed by atoms with van der Waals surface area (Å²) < 4.78 is 4.69. The molecule has 0 aliphatic carbocycles. The second-order valence-corrected chi connectivity index (χ2v) is 3.50. The number of hydrogen-bond acceptors (Lipinski definition) is 2. The minimum Gasteiger partial charge on any atom is -0.465 e. The lowest BCUT2D eigenvalue weighted by Gasteiger charge is -2.09. The summed E-state index contributed by atoms with van der Waals surface area (Å²) in [7, 11) is 1.37. The van der Waals surface area contributed by atoms with Gasteiger partial charge in [-0.05, 0) is 36.6 Å². The first kappa shape index (κ1) is 11.1. The average molecular weight is 213 g/mol. The molecule has 0 unspecified atom stereocenters. The number of carbonyl (C=O) groups is 1. The van der Waals surface area contributed by atoms with E-state index in [1.807, 2.05) is 19.9 Å². The fraction of sp³-hybridized carbons (Fsp3) is 0.364. The fourth-order valence-electron chi connectivity index (χ4n) is 1.47. The van der Waals surface area contributed by atoms with E-state index < -0.39 is 0 Å². The van der Waals surface area contributed by atoms with Crippen molar-refractivity contribution in [3.05, 3.63) is 34.4 Å². The zero-order valence-electron chi connectivity index (χ0n) is 8.56. The molecule has 0 aromatic heterocycles. The molecule has 1 aromatic carbocycles. The maximum absolute atomic E-state index is 11.4. The fourth-order valence-corrected chi connectivity index (χ4v) is 1.82. The minimum atomic E-state index is -0.326. The van der Waals surface area contributed by atoms with E-state index in [0.29, 0.717) is 11.4 Å². The van der Waals surface area contributed by atoms with Crippen LogP contribution in [0.1, 0.15) is 27.0 Å². The zero-order valence-corrected chi connectivity index (χ0v) is 9.31. The van der Waals surface area contributed by atoms with E-state index in [1.54, 1.807) is 6.07 Å². The highest BCUT2D eigenvalue weighted by Gasteiger charge is 2.13. The largest absolute Gasteiger partial charge is 0.465 e. The molecule has 0 fully saturated rings. The van der Waals surface area contributed by atoms with Crippen LogP contribution < -0.4 is 0 Å². The van der Waals surface area contributed by atoms with Crippen LogP contribution in [0.4, 0.5) is 0 Å². The number of benzene rings is 1. The summed E-state index contributed by atoms with van der Waals surface area (Å²) >= 11 is 5.78. The second kappa shape index (κ2) is 4.47. The van der Waals surface area contributed by atoms with Gasteiger partial charge < -0.3 is 4.74 Å². The highest BCUT2D eigenvalue weighted by atomic mass is 35.5. The molecule has 14 heavy (non-hydrogen) atoms. The van der Waals surface area contributed by atoms with E-state index in [2.05, 4.69) is 0 Å². The number of carbonyl (C=O) groups excluding carboxylic acids is 1. The summed E-state index contributed by atoms with van der Waals surface area (Å²) in [6.45, 7) is 3.88.